The molecule has 2 atom stereocenters. The molecule has 1 aromatic rings. The van der Waals surface area contributed by atoms with Crippen molar-refractivity contribution in [3.8, 4) is 5.75 Å². The van der Waals surface area contributed by atoms with Crippen molar-refractivity contribution < 1.29 is 14.6 Å². The van der Waals surface area contributed by atoms with E-state index in [2.05, 4.69) is 40.7 Å². The first-order valence-electron chi connectivity index (χ1n) is 8.30. The summed E-state index contributed by atoms with van der Waals surface area (Å²) in [7, 11) is 0. The van der Waals surface area contributed by atoms with E-state index in [9.17, 15) is 4.79 Å². The van der Waals surface area contributed by atoms with Crippen LogP contribution in [0.5, 0.6) is 5.75 Å². The lowest BCUT2D eigenvalue weighted by Gasteiger charge is -2.36. The van der Waals surface area contributed by atoms with Crippen LogP contribution in [0.15, 0.2) is 22.7 Å². The lowest BCUT2D eigenvalue weighted by molar-refractivity contribution is -0.139. The molecule has 23 heavy (non-hydrogen) atoms. The van der Waals surface area contributed by atoms with Gasteiger partial charge >= 0.3 is 5.97 Å². The van der Waals surface area contributed by atoms with E-state index in [4.69, 9.17) is 9.84 Å². The third kappa shape index (κ3) is 5.81. The smallest absolute Gasteiger partial charge is 0.317 e. The fraction of sp³-hybridized carbons (Fsp3) is 0.611. The van der Waals surface area contributed by atoms with Gasteiger partial charge < -0.3 is 9.84 Å². The van der Waals surface area contributed by atoms with Crippen LogP contribution in [0.25, 0.3) is 0 Å². The Hall–Kier alpha value is -1.07. The Kier molecular flexibility index (Phi) is 6.90. The summed E-state index contributed by atoms with van der Waals surface area (Å²) in [4.78, 5) is 12.9. The summed E-state index contributed by atoms with van der Waals surface area (Å²) in [5.41, 5.74) is 1.18. The Labute approximate surface area is 147 Å². The number of aliphatic carboxylic acids is 1. The first-order valence-corrected chi connectivity index (χ1v) is 9.10. The molecule has 2 rings (SSSR count). The van der Waals surface area contributed by atoms with E-state index >= 15 is 0 Å². The minimum Gasteiger partial charge on any atom is -0.494 e. The van der Waals surface area contributed by atoms with Gasteiger partial charge in [0.15, 0.2) is 0 Å². The van der Waals surface area contributed by atoms with Gasteiger partial charge in [-0.1, -0.05) is 15.9 Å². The topological polar surface area (TPSA) is 49.8 Å². The van der Waals surface area contributed by atoms with Gasteiger partial charge in [-0.3, -0.25) is 9.69 Å². The molecular weight excluding hydrogens is 358 g/mol. The van der Waals surface area contributed by atoms with E-state index in [1.165, 1.54) is 5.56 Å². The Morgan fingerprint density at radius 1 is 1.48 bits per heavy atom. The highest BCUT2D eigenvalue weighted by molar-refractivity contribution is 9.10. The molecule has 1 saturated heterocycles. The number of halogens is 1. The number of likely N-dealkylation sites (tertiary alicyclic amines) is 1. The molecule has 0 amide bonds. The number of hydrogen-bond acceptors (Lipinski definition) is 3. The maximum absolute atomic E-state index is 10.8. The van der Waals surface area contributed by atoms with Crippen molar-refractivity contribution in [2.75, 3.05) is 19.7 Å². The third-order valence-electron chi connectivity index (χ3n) is 4.62. The van der Waals surface area contributed by atoms with Crippen molar-refractivity contribution in [1.82, 2.24) is 4.90 Å². The molecule has 0 aromatic heterocycles. The zero-order valence-electron chi connectivity index (χ0n) is 13.9. The van der Waals surface area contributed by atoms with Gasteiger partial charge in [-0.15, -0.1) is 0 Å². The summed E-state index contributed by atoms with van der Waals surface area (Å²) in [6.07, 6.45) is 4.38. The van der Waals surface area contributed by atoms with Gasteiger partial charge in [-0.05, 0) is 75.8 Å². The van der Waals surface area contributed by atoms with Gasteiger partial charge in [0, 0.05) is 10.5 Å². The minimum absolute atomic E-state index is 0.167. The fourth-order valence-corrected chi connectivity index (χ4v) is 3.50. The fourth-order valence-electron chi connectivity index (χ4n) is 3.26. The van der Waals surface area contributed by atoms with Crippen molar-refractivity contribution >= 4 is 21.9 Å². The van der Waals surface area contributed by atoms with E-state index in [1.54, 1.807) is 0 Å². The van der Waals surface area contributed by atoms with Crippen LogP contribution in [0.2, 0.25) is 0 Å². The first kappa shape index (κ1) is 18.3. The highest BCUT2D eigenvalue weighted by atomic mass is 79.9. The van der Waals surface area contributed by atoms with Crippen LogP contribution in [0.4, 0.5) is 0 Å². The maximum atomic E-state index is 10.8. The number of aryl methyl sites for hydroxylation is 1. The third-order valence-corrected chi connectivity index (χ3v) is 5.51. The molecule has 1 aliphatic rings. The van der Waals surface area contributed by atoms with Crippen LogP contribution < -0.4 is 4.74 Å². The normalized spacial score (nSPS) is 22.0. The van der Waals surface area contributed by atoms with E-state index in [1.807, 2.05) is 12.1 Å². The molecule has 0 unspecified atom stereocenters. The maximum Gasteiger partial charge on any atom is 0.317 e. The Balaban J connectivity index is 1.67. The Morgan fingerprint density at radius 3 is 2.91 bits per heavy atom. The predicted molar refractivity (Wildman–Crippen MR) is 95.0 cm³/mol. The number of carboxylic acid groups (broad SMARTS) is 1. The standard InChI is InChI=1S/C18H26BrNO3/c1-13-10-16(5-6-17(13)19)23-9-3-4-15-7-8-20(12-18(21)22)14(2)11-15/h5-6,10,14-15H,3-4,7-9,11-12H2,1-2H3,(H,21,22)/t14-,15-/m0/s1. The van der Waals surface area contributed by atoms with Crippen molar-refractivity contribution in [3.05, 3.63) is 28.2 Å². The number of rotatable bonds is 7. The summed E-state index contributed by atoms with van der Waals surface area (Å²) >= 11 is 3.49. The molecule has 0 aliphatic carbocycles. The lowest BCUT2D eigenvalue weighted by Crippen LogP contribution is -2.43. The molecule has 0 bridgehead atoms. The van der Waals surface area contributed by atoms with Gasteiger partial charge in [-0.25, -0.2) is 0 Å². The van der Waals surface area contributed by atoms with Crippen LogP contribution in [0.1, 0.15) is 38.2 Å². The largest absolute Gasteiger partial charge is 0.494 e. The number of piperidine rings is 1. The molecule has 1 fully saturated rings. The highest BCUT2D eigenvalue weighted by Crippen LogP contribution is 2.27. The number of hydrogen-bond donors (Lipinski definition) is 1. The SMILES string of the molecule is Cc1cc(OCCC[C@H]2CCN(CC(=O)O)[C@@H](C)C2)ccc1Br. The van der Waals surface area contributed by atoms with Gasteiger partial charge in [0.05, 0.1) is 13.2 Å². The van der Waals surface area contributed by atoms with Crippen LogP contribution in [-0.2, 0) is 4.79 Å². The molecule has 128 valence electrons. The molecule has 1 heterocycles. The van der Waals surface area contributed by atoms with Gasteiger partial charge in [0.2, 0.25) is 0 Å². The van der Waals surface area contributed by atoms with E-state index in [0.29, 0.717) is 12.0 Å². The quantitative estimate of drug-likeness (QED) is 0.719. The summed E-state index contributed by atoms with van der Waals surface area (Å²) in [6, 6.07) is 6.42. The number of nitrogens with zero attached hydrogens (tertiary/aromatic N) is 1. The summed E-state index contributed by atoms with van der Waals surface area (Å²) in [6.45, 7) is 6.00. The van der Waals surface area contributed by atoms with Crippen LogP contribution >= 0.6 is 15.9 Å². The molecule has 1 N–H and O–H groups in total. The van der Waals surface area contributed by atoms with Crippen molar-refractivity contribution in [1.29, 1.82) is 0 Å². The zero-order chi connectivity index (χ0) is 16.8. The van der Waals surface area contributed by atoms with Crippen molar-refractivity contribution in [2.24, 2.45) is 5.92 Å². The molecule has 0 saturated carbocycles. The Morgan fingerprint density at radius 2 is 2.26 bits per heavy atom. The van der Waals surface area contributed by atoms with Crippen LogP contribution in [0, 0.1) is 12.8 Å². The number of benzene rings is 1. The van der Waals surface area contributed by atoms with E-state index in [0.717, 1.165) is 49.1 Å². The van der Waals surface area contributed by atoms with Crippen molar-refractivity contribution in [3.63, 3.8) is 0 Å². The molecule has 0 radical (unpaired) electrons. The summed E-state index contributed by atoms with van der Waals surface area (Å²) in [5.74, 6) is 0.883. The minimum atomic E-state index is -0.728. The van der Waals surface area contributed by atoms with Crippen molar-refractivity contribution in [2.45, 2.75) is 45.6 Å². The number of carbonyl (C=O) groups is 1. The number of ether oxygens (including phenoxy) is 1. The monoisotopic (exact) mass is 383 g/mol. The van der Waals surface area contributed by atoms with E-state index in [-0.39, 0.29) is 6.54 Å². The second-order valence-electron chi connectivity index (χ2n) is 6.51. The van der Waals surface area contributed by atoms with Gasteiger partial charge in [0.1, 0.15) is 5.75 Å². The molecule has 1 aromatic carbocycles. The Bertz CT molecular complexity index is 535. The van der Waals surface area contributed by atoms with E-state index < -0.39 is 5.97 Å². The molecule has 4 nitrogen and oxygen atoms in total. The number of carboxylic acids is 1. The van der Waals surface area contributed by atoms with Crippen LogP contribution in [0.3, 0.4) is 0 Å². The average Bonchev–Trinajstić information content (AvgIpc) is 2.49. The zero-order valence-corrected chi connectivity index (χ0v) is 15.5. The second kappa shape index (κ2) is 8.69. The van der Waals surface area contributed by atoms with Crippen LogP contribution in [-0.4, -0.2) is 41.7 Å². The molecule has 5 heteroatoms. The molecule has 0 spiro atoms. The highest BCUT2D eigenvalue weighted by Gasteiger charge is 2.26. The first-order chi connectivity index (χ1) is 11.0. The van der Waals surface area contributed by atoms with Gasteiger partial charge in [0.25, 0.3) is 0 Å². The molecule has 1 aliphatic heterocycles. The predicted octanol–water partition coefficient (Wildman–Crippen LogP) is 4.10. The molecular formula is C18H26BrNO3. The van der Waals surface area contributed by atoms with Gasteiger partial charge in [-0.2, -0.15) is 0 Å². The summed E-state index contributed by atoms with van der Waals surface area (Å²) in [5, 5.41) is 8.91. The second-order valence-corrected chi connectivity index (χ2v) is 7.36. The average molecular weight is 384 g/mol. The lowest BCUT2D eigenvalue weighted by atomic mass is 9.88. The summed E-state index contributed by atoms with van der Waals surface area (Å²) < 4.78 is 6.93.